The zero-order chi connectivity index (χ0) is 16.4. The maximum Gasteiger partial charge on any atom is 0.142 e. The van der Waals surface area contributed by atoms with Crippen molar-refractivity contribution in [2.45, 2.75) is 6.92 Å². The quantitative estimate of drug-likeness (QED) is 0.593. The van der Waals surface area contributed by atoms with Crippen molar-refractivity contribution in [2.24, 2.45) is 0 Å². The molecule has 0 bridgehead atoms. The van der Waals surface area contributed by atoms with Gasteiger partial charge in [-0.15, -0.1) is 0 Å². The fourth-order valence-corrected chi connectivity index (χ4v) is 2.82. The molecule has 4 nitrogen and oxygen atoms in total. The summed E-state index contributed by atoms with van der Waals surface area (Å²) < 4.78 is 0. The van der Waals surface area contributed by atoms with Gasteiger partial charge in [0.1, 0.15) is 11.6 Å². The van der Waals surface area contributed by atoms with E-state index in [0.717, 1.165) is 39.4 Å². The van der Waals surface area contributed by atoms with E-state index in [1.807, 2.05) is 49.4 Å². The van der Waals surface area contributed by atoms with Crippen molar-refractivity contribution >= 4 is 22.4 Å². The molecule has 4 heteroatoms. The maximum atomic E-state index is 4.63. The largest absolute Gasteiger partial charge is 0.338 e. The molecule has 2 aromatic carbocycles. The number of rotatable bonds is 3. The van der Waals surface area contributed by atoms with E-state index in [0.29, 0.717) is 0 Å². The summed E-state index contributed by atoms with van der Waals surface area (Å²) in [5, 5.41) is 4.40. The van der Waals surface area contributed by atoms with Crippen LogP contribution in [-0.2, 0) is 0 Å². The predicted octanol–water partition coefficient (Wildman–Crippen LogP) is 4.74. The van der Waals surface area contributed by atoms with Crippen LogP contribution < -0.4 is 5.32 Å². The lowest BCUT2D eigenvalue weighted by atomic mass is 10.0. The maximum absolute atomic E-state index is 4.63. The van der Waals surface area contributed by atoms with Crippen LogP contribution in [0, 0.1) is 6.92 Å². The summed E-state index contributed by atoms with van der Waals surface area (Å²) in [5.74, 6) is 1.53. The van der Waals surface area contributed by atoms with Gasteiger partial charge < -0.3 is 5.32 Å². The SMILES string of the molecule is Cc1nc(Nc2cccnc2)c2c(-c3ccccc3)cccc2n1. The molecule has 0 saturated heterocycles. The van der Waals surface area contributed by atoms with Crippen LogP contribution in [0.15, 0.2) is 73.1 Å². The number of nitrogens with zero attached hydrogens (tertiary/aromatic N) is 3. The van der Waals surface area contributed by atoms with Crippen molar-refractivity contribution in [3.63, 3.8) is 0 Å². The molecule has 1 N–H and O–H groups in total. The third kappa shape index (κ3) is 2.70. The minimum atomic E-state index is 0.735. The number of aromatic nitrogens is 3. The average Bonchev–Trinajstić information content (AvgIpc) is 2.62. The van der Waals surface area contributed by atoms with Gasteiger partial charge in [-0.05, 0) is 36.2 Å². The molecular formula is C20H16N4. The molecule has 2 heterocycles. The van der Waals surface area contributed by atoms with Gasteiger partial charge in [0.15, 0.2) is 0 Å². The minimum Gasteiger partial charge on any atom is -0.338 e. The summed E-state index contributed by atoms with van der Waals surface area (Å²) in [5.41, 5.74) is 4.08. The summed E-state index contributed by atoms with van der Waals surface area (Å²) >= 11 is 0. The van der Waals surface area contributed by atoms with Crippen molar-refractivity contribution in [2.75, 3.05) is 5.32 Å². The lowest BCUT2D eigenvalue weighted by Crippen LogP contribution is -2.00. The Morgan fingerprint density at radius 1 is 0.833 bits per heavy atom. The van der Waals surface area contributed by atoms with Gasteiger partial charge in [-0.1, -0.05) is 42.5 Å². The zero-order valence-electron chi connectivity index (χ0n) is 13.3. The smallest absolute Gasteiger partial charge is 0.142 e. The Hall–Kier alpha value is -3.27. The van der Waals surface area contributed by atoms with Gasteiger partial charge in [-0.25, -0.2) is 9.97 Å². The molecule has 0 aliphatic carbocycles. The molecule has 4 rings (SSSR count). The molecule has 0 unspecified atom stereocenters. The van der Waals surface area contributed by atoms with Crippen LogP contribution in [-0.4, -0.2) is 15.0 Å². The second kappa shape index (κ2) is 6.08. The van der Waals surface area contributed by atoms with Crippen molar-refractivity contribution < 1.29 is 0 Å². The van der Waals surface area contributed by atoms with Crippen LogP contribution in [0.4, 0.5) is 11.5 Å². The van der Waals surface area contributed by atoms with Crippen LogP contribution in [0.25, 0.3) is 22.0 Å². The molecule has 0 amide bonds. The molecule has 24 heavy (non-hydrogen) atoms. The Bertz CT molecular complexity index is 982. The number of fused-ring (bicyclic) bond motifs is 1. The Morgan fingerprint density at radius 2 is 1.71 bits per heavy atom. The molecule has 0 saturated carbocycles. The van der Waals surface area contributed by atoms with Crippen molar-refractivity contribution in [3.05, 3.63) is 78.9 Å². The highest BCUT2D eigenvalue weighted by Gasteiger charge is 2.12. The fraction of sp³-hybridized carbons (Fsp3) is 0.0500. The van der Waals surface area contributed by atoms with Crippen molar-refractivity contribution in [1.82, 2.24) is 15.0 Å². The van der Waals surface area contributed by atoms with Crippen LogP contribution in [0.1, 0.15) is 5.82 Å². The van der Waals surface area contributed by atoms with E-state index < -0.39 is 0 Å². The highest BCUT2D eigenvalue weighted by atomic mass is 15.0. The van der Waals surface area contributed by atoms with Crippen molar-refractivity contribution in [3.8, 4) is 11.1 Å². The van der Waals surface area contributed by atoms with Gasteiger partial charge in [0.2, 0.25) is 0 Å². The fourth-order valence-electron chi connectivity index (χ4n) is 2.82. The molecule has 0 radical (unpaired) electrons. The minimum absolute atomic E-state index is 0.735. The summed E-state index contributed by atoms with van der Waals surface area (Å²) in [4.78, 5) is 13.4. The zero-order valence-corrected chi connectivity index (χ0v) is 13.3. The number of nitrogens with one attached hydrogen (secondary N) is 1. The first-order valence-corrected chi connectivity index (χ1v) is 7.81. The monoisotopic (exact) mass is 312 g/mol. The Morgan fingerprint density at radius 3 is 2.50 bits per heavy atom. The van der Waals surface area contributed by atoms with E-state index in [9.17, 15) is 0 Å². The topological polar surface area (TPSA) is 50.7 Å². The molecule has 0 atom stereocenters. The van der Waals surface area contributed by atoms with Gasteiger partial charge in [0.05, 0.1) is 22.8 Å². The molecule has 116 valence electrons. The van der Waals surface area contributed by atoms with Gasteiger partial charge in [-0.2, -0.15) is 0 Å². The van der Waals surface area contributed by atoms with Crippen LogP contribution in [0.2, 0.25) is 0 Å². The summed E-state index contributed by atoms with van der Waals surface area (Å²) in [6.07, 6.45) is 3.54. The molecule has 0 aliphatic rings. The number of anilines is 2. The van der Waals surface area contributed by atoms with E-state index in [-0.39, 0.29) is 0 Å². The summed E-state index contributed by atoms with van der Waals surface area (Å²) in [6, 6.07) is 20.3. The number of hydrogen-bond donors (Lipinski definition) is 1. The third-order valence-corrected chi connectivity index (χ3v) is 3.84. The Labute approximate surface area is 140 Å². The van der Waals surface area contributed by atoms with Gasteiger partial charge in [-0.3, -0.25) is 4.98 Å². The molecular weight excluding hydrogens is 296 g/mol. The van der Waals surface area contributed by atoms with Crippen LogP contribution in [0.5, 0.6) is 0 Å². The molecule has 0 fully saturated rings. The molecule has 0 aliphatic heterocycles. The third-order valence-electron chi connectivity index (χ3n) is 3.84. The normalized spacial score (nSPS) is 10.7. The summed E-state index contributed by atoms with van der Waals surface area (Å²) in [7, 11) is 0. The predicted molar refractivity (Wildman–Crippen MR) is 97.2 cm³/mol. The first-order chi connectivity index (χ1) is 11.8. The number of aryl methyl sites for hydroxylation is 1. The molecule has 2 aromatic heterocycles. The van der Waals surface area contributed by atoms with E-state index in [4.69, 9.17) is 0 Å². The summed E-state index contributed by atoms with van der Waals surface area (Å²) in [6.45, 7) is 1.91. The number of hydrogen-bond acceptors (Lipinski definition) is 4. The first-order valence-electron chi connectivity index (χ1n) is 7.81. The molecule has 4 aromatic rings. The van der Waals surface area contributed by atoms with E-state index in [2.05, 4.69) is 38.5 Å². The first kappa shape index (κ1) is 14.3. The van der Waals surface area contributed by atoms with Crippen LogP contribution >= 0.6 is 0 Å². The van der Waals surface area contributed by atoms with E-state index in [1.165, 1.54) is 0 Å². The van der Waals surface area contributed by atoms with Gasteiger partial charge >= 0.3 is 0 Å². The highest BCUT2D eigenvalue weighted by Crippen LogP contribution is 2.33. The van der Waals surface area contributed by atoms with Crippen molar-refractivity contribution in [1.29, 1.82) is 0 Å². The highest BCUT2D eigenvalue weighted by molar-refractivity contribution is 6.02. The van der Waals surface area contributed by atoms with E-state index >= 15 is 0 Å². The molecule has 0 spiro atoms. The average molecular weight is 312 g/mol. The lowest BCUT2D eigenvalue weighted by molar-refractivity contribution is 1.09. The van der Waals surface area contributed by atoms with Gasteiger partial charge in [0, 0.05) is 6.20 Å². The Balaban J connectivity index is 1.95. The Kier molecular flexibility index (Phi) is 3.63. The second-order valence-corrected chi connectivity index (χ2v) is 5.55. The van der Waals surface area contributed by atoms with Gasteiger partial charge in [0.25, 0.3) is 0 Å². The number of pyridine rings is 1. The standard InChI is InChI=1S/C20H16N4/c1-14-22-18-11-5-10-17(15-7-3-2-4-8-15)19(18)20(23-14)24-16-9-6-12-21-13-16/h2-13H,1H3,(H,22,23,24). The van der Waals surface area contributed by atoms with E-state index in [1.54, 1.807) is 12.4 Å². The second-order valence-electron chi connectivity index (χ2n) is 5.55. The lowest BCUT2D eigenvalue weighted by Gasteiger charge is -2.13. The van der Waals surface area contributed by atoms with Crippen LogP contribution in [0.3, 0.4) is 0 Å². The number of benzene rings is 2.